The minimum atomic E-state index is 0.943. The normalized spacial score (nSPS) is 10.4. The highest BCUT2D eigenvalue weighted by Gasteiger charge is 1.93. The molecule has 78 valence electrons. The van der Waals surface area contributed by atoms with Crippen molar-refractivity contribution in [3.8, 4) is 0 Å². The third-order valence-electron chi connectivity index (χ3n) is 2.22. The minimum Gasteiger partial charge on any atom is -0.313 e. The molecule has 0 atom stereocenters. The Morgan fingerprint density at radius 3 is 2.86 bits per heavy atom. The fraction of sp³-hybridized carbons (Fsp3) is 0.583. The molecule has 0 aromatic carbocycles. The molecule has 2 heteroatoms. The zero-order valence-corrected chi connectivity index (χ0v) is 9.21. The van der Waals surface area contributed by atoms with Crippen molar-refractivity contribution in [1.82, 2.24) is 10.3 Å². The number of aryl methyl sites for hydroxylation is 1. The molecule has 0 bridgehead atoms. The molecule has 0 aliphatic heterocycles. The number of aromatic nitrogens is 1. The average molecular weight is 192 g/mol. The Hall–Kier alpha value is -0.890. The van der Waals surface area contributed by atoms with E-state index in [2.05, 4.69) is 30.2 Å². The molecule has 1 rings (SSSR count). The third kappa shape index (κ3) is 4.38. The summed E-state index contributed by atoms with van der Waals surface area (Å²) in [4.78, 5) is 4.16. The summed E-state index contributed by atoms with van der Waals surface area (Å²) in [5.41, 5.74) is 2.51. The van der Waals surface area contributed by atoms with E-state index < -0.39 is 0 Å². The Morgan fingerprint density at radius 1 is 1.29 bits per heavy atom. The second kappa shape index (κ2) is 6.55. The monoisotopic (exact) mass is 192 g/mol. The molecule has 1 aromatic heterocycles. The first-order valence-corrected chi connectivity index (χ1v) is 5.44. The zero-order chi connectivity index (χ0) is 10.2. The number of rotatable bonds is 6. The van der Waals surface area contributed by atoms with Crippen molar-refractivity contribution in [2.75, 3.05) is 6.54 Å². The molecule has 0 saturated heterocycles. The maximum atomic E-state index is 4.16. The van der Waals surface area contributed by atoms with Gasteiger partial charge < -0.3 is 5.32 Å². The van der Waals surface area contributed by atoms with Crippen LogP contribution in [0.5, 0.6) is 0 Å². The first-order valence-electron chi connectivity index (χ1n) is 5.44. The van der Waals surface area contributed by atoms with Gasteiger partial charge in [0.15, 0.2) is 0 Å². The van der Waals surface area contributed by atoms with Crippen molar-refractivity contribution >= 4 is 0 Å². The van der Waals surface area contributed by atoms with Crippen molar-refractivity contribution in [2.24, 2.45) is 0 Å². The lowest BCUT2D eigenvalue weighted by Gasteiger charge is -2.04. The number of unbranched alkanes of at least 4 members (excludes halogenated alkanes) is 2. The van der Waals surface area contributed by atoms with Gasteiger partial charge in [0.1, 0.15) is 0 Å². The molecule has 0 radical (unpaired) electrons. The maximum absolute atomic E-state index is 4.16. The minimum absolute atomic E-state index is 0.943. The molecular weight excluding hydrogens is 172 g/mol. The maximum Gasteiger partial charge on any atom is 0.0313 e. The first-order chi connectivity index (χ1) is 6.83. The van der Waals surface area contributed by atoms with Crippen LogP contribution < -0.4 is 5.32 Å². The summed E-state index contributed by atoms with van der Waals surface area (Å²) in [5.74, 6) is 0. The zero-order valence-electron chi connectivity index (χ0n) is 9.21. The molecule has 0 amide bonds. The van der Waals surface area contributed by atoms with Crippen LogP contribution in [0.25, 0.3) is 0 Å². The van der Waals surface area contributed by atoms with Crippen LogP contribution in [-0.2, 0) is 6.54 Å². The van der Waals surface area contributed by atoms with Crippen LogP contribution in [0.1, 0.15) is 37.3 Å². The van der Waals surface area contributed by atoms with Crippen molar-refractivity contribution < 1.29 is 0 Å². The van der Waals surface area contributed by atoms with Gasteiger partial charge in [-0.25, -0.2) is 0 Å². The summed E-state index contributed by atoms with van der Waals surface area (Å²) in [6.07, 6.45) is 7.70. The summed E-state index contributed by atoms with van der Waals surface area (Å²) in [6.45, 7) is 6.36. The number of hydrogen-bond donors (Lipinski definition) is 1. The number of pyridine rings is 1. The molecule has 0 unspecified atom stereocenters. The van der Waals surface area contributed by atoms with Gasteiger partial charge in [-0.2, -0.15) is 0 Å². The van der Waals surface area contributed by atoms with Crippen LogP contribution in [0.4, 0.5) is 0 Å². The fourth-order valence-electron chi connectivity index (χ4n) is 1.45. The third-order valence-corrected chi connectivity index (χ3v) is 2.22. The lowest BCUT2D eigenvalue weighted by molar-refractivity contribution is 0.616. The number of nitrogens with zero attached hydrogens (tertiary/aromatic N) is 1. The Balaban J connectivity index is 2.18. The predicted octanol–water partition coefficient (Wildman–Crippen LogP) is 2.67. The van der Waals surface area contributed by atoms with Crippen LogP contribution >= 0.6 is 0 Å². The Morgan fingerprint density at radius 2 is 2.14 bits per heavy atom. The number of nitrogens with one attached hydrogen (secondary N) is 1. The Labute approximate surface area is 86.8 Å². The van der Waals surface area contributed by atoms with E-state index in [9.17, 15) is 0 Å². The van der Waals surface area contributed by atoms with Gasteiger partial charge in [0.2, 0.25) is 0 Å². The van der Waals surface area contributed by atoms with E-state index in [0.717, 1.165) is 13.1 Å². The van der Waals surface area contributed by atoms with Crippen LogP contribution in [-0.4, -0.2) is 11.5 Å². The quantitative estimate of drug-likeness (QED) is 0.701. The molecule has 14 heavy (non-hydrogen) atoms. The highest BCUT2D eigenvalue weighted by molar-refractivity contribution is 5.16. The van der Waals surface area contributed by atoms with E-state index in [1.165, 1.54) is 30.4 Å². The van der Waals surface area contributed by atoms with E-state index >= 15 is 0 Å². The van der Waals surface area contributed by atoms with Crippen molar-refractivity contribution in [3.63, 3.8) is 0 Å². The Kier molecular flexibility index (Phi) is 5.23. The predicted molar refractivity (Wildman–Crippen MR) is 60.2 cm³/mol. The van der Waals surface area contributed by atoms with Gasteiger partial charge >= 0.3 is 0 Å². The van der Waals surface area contributed by atoms with Gasteiger partial charge in [-0.15, -0.1) is 0 Å². The van der Waals surface area contributed by atoms with E-state index in [1.807, 2.05) is 12.4 Å². The lowest BCUT2D eigenvalue weighted by Crippen LogP contribution is -2.14. The molecule has 1 heterocycles. The second-order valence-electron chi connectivity index (χ2n) is 3.75. The average Bonchev–Trinajstić information content (AvgIpc) is 2.18. The van der Waals surface area contributed by atoms with Gasteiger partial charge in [-0.1, -0.05) is 25.8 Å². The largest absolute Gasteiger partial charge is 0.313 e. The summed E-state index contributed by atoms with van der Waals surface area (Å²) in [7, 11) is 0. The van der Waals surface area contributed by atoms with Crippen molar-refractivity contribution in [2.45, 2.75) is 39.7 Å². The molecule has 0 fully saturated rings. The van der Waals surface area contributed by atoms with E-state index in [-0.39, 0.29) is 0 Å². The topological polar surface area (TPSA) is 24.9 Å². The summed E-state index contributed by atoms with van der Waals surface area (Å²) in [6, 6.07) is 2.18. The molecule has 0 saturated carbocycles. The van der Waals surface area contributed by atoms with E-state index in [0.29, 0.717) is 0 Å². The Bertz CT molecular complexity index is 258. The summed E-state index contributed by atoms with van der Waals surface area (Å²) >= 11 is 0. The van der Waals surface area contributed by atoms with Gasteiger partial charge in [-0.3, -0.25) is 4.98 Å². The molecule has 0 aliphatic carbocycles. The van der Waals surface area contributed by atoms with Crippen molar-refractivity contribution in [3.05, 3.63) is 29.6 Å². The van der Waals surface area contributed by atoms with Gasteiger partial charge in [0, 0.05) is 18.9 Å². The van der Waals surface area contributed by atoms with Crippen molar-refractivity contribution in [1.29, 1.82) is 0 Å². The van der Waals surface area contributed by atoms with Crippen LogP contribution in [0.3, 0.4) is 0 Å². The SMILES string of the molecule is CCCCCNCc1cncc(C)c1. The van der Waals surface area contributed by atoms with E-state index in [1.54, 1.807) is 0 Å². The first kappa shape index (κ1) is 11.2. The smallest absolute Gasteiger partial charge is 0.0313 e. The molecular formula is C12H20N2. The standard InChI is InChI=1S/C12H20N2/c1-3-4-5-6-13-9-12-7-11(2)8-14-10-12/h7-8,10,13H,3-6,9H2,1-2H3. The van der Waals surface area contributed by atoms with Crippen LogP contribution in [0.2, 0.25) is 0 Å². The lowest BCUT2D eigenvalue weighted by atomic mass is 10.2. The highest BCUT2D eigenvalue weighted by atomic mass is 14.8. The van der Waals surface area contributed by atoms with E-state index in [4.69, 9.17) is 0 Å². The fourth-order valence-corrected chi connectivity index (χ4v) is 1.45. The highest BCUT2D eigenvalue weighted by Crippen LogP contribution is 2.00. The molecule has 1 N–H and O–H groups in total. The van der Waals surface area contributed by atoms with Gasteiger partial charge in [0.05, 0.1) is 0 Å². The molecule has 0 aliphatic rings. The molecule has 0 spiro atoms. The van der Waals surface area contributed by atoms with Gasteiger partial charge in [0.25, 0.3) is 0 Å². The molecule has 1 aromatic rings. The van der Waals surface area contributed by atoms with Crippen LogP contribution in [0, 0.1) is 6.92 Å². The molecule has 2 nitrogen and oxygen atoms in total. The summed E-state index contributed by atoms with van der Waals surface area (Å²) < 4.78 is 0. The van der Waals surface area contributed by atoms with Gasteiger partial charge in [-0.05, 0) is 31.0 Å². The summed E-state index contributed by atoms with van der Waals surface area (Å²) in [5, 5.41) is 3.42. The number of hydrogen-bond acceptors (Lipinski definition) is 2. The van der Waals surface area contributed by atoms with Crippen LogP contribution in [0.15, 0.2) is 18.5 Å². The second-order valence-corrected chi connectivity index (χ2v) is 3.75.